The van der Waals surface area contributed by atoms with Gasteiger partial charge in [-0.05, 0) is 42.2 Å². The molecule has 18 heavy (non-hydrogen) atoms. The minimum absolute atomic E-state index is 0.317. The maximum absolute atomic E-state index is 10.9. The fourth-order valence-corrected chi connectivity index (χ4v) is 3.36. The van der Waals surface area contributed by atoms with Crippen LogP contribution in [-0.2, 0) is 6.42 Å². The SMILES string of the molecule is CC1CC(C)(C)CCC1(O)Cc1ccccc1Cl. The summed E-state index contributed by atoms with van der Waals surface area (Å²) >= 11 is 6.20. The molecule has 1 fully saturated rings. The summed E-state index contributed by atoms with van der Waals surface area (Å²) in [6.45, 7) is 6.74. The summed E-state index contributed by atoms with van der Waals surface area (Å²) in [5.74, 6) is 0.317. The minimum Gasteiger partial charge on any atom is -0.389 e. The van der Waals surface area contributed by atoms with Crippen LogP contribution in [-0.4, -0.2) is 10.7 Å². The molecule has 2 atom stereocenters. The number of benzene rings is 1. The Morgan fingerprint density at radius 2 is 1.94 bits per heavy atom. The summed E-state index contributed by atoms with van der Waals surface area (Å²) in [7, 11) is 0. The van der Waals surface area contributed by atoms with E-state index in [-0.39, 0.29) is 0 Å². The first kappa shape index (κ1) is 13.9. The molecule has 1 nitrogen and oxygen atoms in total. The van der Waals surface area contributed by atoms with Crippen LogP contribution in [0.4, 0.5) is 0 Å². The van der Waals surface area contributed by atoms with Crippen molar-refractivity contribution in [3.05, 3.63) is 34.9 Å². The highest BCUT2D eigenvalue weighted by Gasteiger charge is 2.42. The van der Waals surface area contributed by atoms with Gasteiger partial charge in [-0.2, -0.15) is 0 Å². The minimum atomic E-state index is -0.597. The van der Waals surface area contributed by atoms with Crippen molar-refractivity contribution in [2.45, 2.75) is 52.1 Å². The molecule has 2 unspecified atom stereocenters. The second kappa shape index (κ2) is 4.86. The van der Waals surface area contributed by atoms with Gasteiger partial charge in [-0.25, -0.2) is 0 Å². The molecule has 0 aromatic heterocycles. The molecule has 1 N–H and O–H groups in total. The lowest BCUT2D eigenvalue weighted by atomic mass is 9.64. The van der Waals surface area contributed by atoms with E-state index < -0.39 is 5.60 Å². The van der Waals surface area contributed by atoms with E-state index in [1.54, 1.807) is 0 Å². The Morgan fingerprint density at radius 1 is 1.28 bits per heavy atom. The van der Waals surface area contributed by atoms with E-state index >= 15 is 0 Å². The van der Waals surface area contributed by atoms with E-state index in [2.05, 4.69) is 20.8 Å². The van der Waals surface area contributed by atoms with Gasteiger partial charge in [0.05, 0.1) is 5.60 Å². The molecule has 1 saturated carbocycles. The zero-order valence-electron chi connectivity index (χ0n) is 11.5. The number of hydrogen-bond acceptors (Lipinski definition) is 1. The molecule has 1 aliphatic rings. The summed E-state index contributed by atoms with van der Waals surface area (Å²) in [4.78, 5) is 0. The zero-order valence-corrected chi connectivity index (χ0v) is 12.3. The number of rotatable bonds is 2. The van der Waals surface area contributed by atoms with Crippen LogP contribution in [0.2, 0.25) is 5.02 Å². The van der Waals surface area contributed by atoms with Crippen molar-refractivity contribution in [1.29, 1.82) is 0 Å². The van der Waals surface area contributed by atoms with Crippen molar-refractivity contribution >= 4 is 11.6 Å². The highest BCUT2D eigenvalue weighted by Crippen LogP contribution is 2.45. The molecule has 1 aliphatic carbocycles. The van der Waals surface area contributed by atoms with Crippen LogP contribution in [0.15, 0.2) is 24.3 Å². The molecule has 0 aliphatic heterocycles. The van der Waals surface area contributed by atoms with Crippen LogP contribution in [0.25, 0.3) is 0 Å². The number of aliphatic hydroxyl groups is 1. The first-order valence-electron chi connectivity index (χ1n) is 6.78. The molecule has 0 amide bonds. The Bertz CT molecular complexity index is 427. The Morgan fingerprint density at radius 3 is 2.56 bits per heavy atom. The molecular weight excluding hydrogens is 244 g/mol. The number of hydrogen-bond donors (Lipinski definition) is 1. The molecule has 0 saturated heterocycles. The van der Waals surface area contributed by atoms with Crippen molar-refractivity contribution in [3.8, 4) is 0 Å². The van der Waals surface area contributed by atoms with Gasteiger partial charge in [-0.3, -0.25) is 0 Å². The maximum Gasteiger partial charge on any atom is 0.0714 e. The molecule has 0 heterocycles. The highest BCUT2D eigenvalue weighted by molar-refractivity contribution is 6.31. The Kier molecular flexibility index (Phi) is 3.75. The zero-order chi connectivity index (χ0) is 13.4. The van der Waals surface area contributed by atoms with E-state index in [0.717, 1.165) is 29.8 Å². The summed E-state index contributed by atoms with van der Waals surface area (Å²) in [6, 6.07) is 7.84. The van der Waals surface area contributed by atoms with E-state index in [0.29, 0.717) is 17.8 Å². The lowest BCUT2D eigenvalue weighted by Gasteiger charge is -2.45. The average Bonchev–Trinajstić information content (AvgIpc) is 2.28. The van der Waals surface area contributed by atoms with Crippen molar-refractivity contribution in [2.24, 2.45) is 11.3 Å². The predicted molar refractivity (Wildman–Crippen MR) is 76.9 cm³/mol. The molecule has 1 aromatic carbocycles. The van der Waals surface area contributed by atoms with Gasteiger partial charge < -0.3 is 5.11 Å². The largest absolute Gasteiger partial charge is 0.389 e. The van der Waals surface area contributed by atoms with Gasteiger partial charge in [0.25, 0.3) is 0 Å². The first-order chi connectivity index (χ1) is 8.32. The standard InChI is InChI=1S/C16H23ClO/c1-12-10-15(2,3)8-9-16(12,18)11-13-6-4-5-7-14(13)17/h4-7,12,18H,8-11H2,1-3H3. The fourth-order valence-electron chi connectivity index (χ4n) is 3.16. The first-order valence-corrected chi connectivity index (χ1v) is 7.16. The third-order valence-electron chi connectivity index (χ3n) is 4.47. The summed E-state index contributed by atoms with van der Waals surface area (Å²) in [5.41, 5.74) is 0.820. The van der Waals surface area contributed by atoms with Crippen LogP contribution in [0.1, 0.15) is 45.6 Å². The average molecular weight is 267 g/mol. The maximum atomic E-state index is 10.9. The molecule has 0 radical (unpaired) electrons. The lowest BCUT2D eigenvalue weighted by molar-refractivity contribution is -0.0704. The Labute approximate surface area is 115 Å². The van der Waals surface area contributed by atoms with Crippen LogP contribution in [0, 0.1) is 11.3 Å². The van der Waals surface area contributed by atoms with Crippen LogP contribution in [0.3, 0.4) is 0 Å². The molecule has 100 valence electrons. The Balaban J connectivity index is 2.16. The van der Waals surface area contributed by atoms with E-state index in [1.807, 2.05) is 24.3 Å². The van der Waals surface area contributed by atoms with E-state index in [4.69, 9.17) is 11.6 Å². The molecule has 2 rings (SSSR count). The second-order valence-corrected chi connectivity index (χ2v) is 7.05. The lowest BCUT2D eigenvalue weighted by Crippen LogP contribution is -2.45. The fraction of sp³-hybridized carbons (Fsp3) is 0.625. The van der Waals surface area contributed by atoms with E-state index in [1.165, 1.54) is 0 Å². The molecule has 0 bridgehead atoms. The van der Waals surface area contributed by atoms with E-state index in [9.17, 15) is 5.11 Å². The van der Waals surface area contributed by atoms with Crippen LogP contribution >= 0.6 is 11.6 Å². The third kappa shape index (κ3) is 2.89. The monoisotopic (exact) mass is 266 g/mol. The molecule has 2 heteroatoms. The number of halogens is 1. The second-order valence-electron chi connectivity index (χ2n) is 6.64. The predicted octanol–water partition coefficient (Wildman–Crippen LogP) is 4.46. The topological polar surface area (TPSA) is 20.2 Å². The van der Waals surface area contributed by atoms with Gasteiger partial charge in [-0.15, -0.1) is 0 Å². The molecule has 0 spiro atoms. The van der Waals surface area contributed by atoms with Crippen molar-refractivity contribution < 1.29 is 5.11 Å². The van der Waals surface area contributed by atoms with Crippen LogP contribution in [0.5, 0.6) is 0 Å². The normalized spacial score (nSPS) is 31.3. The van der Waals surface area contributed by atoms with Gasteiger partial charge >= 0.3 is 0 Å². The van der Waals surface area contributed by atoms with Gasteiger partial charge in [0.15, 0.2) is 0 Å². The highest BCUT2D eigenvalue weighted by atomic mass is 35.5. The van der Waals surface area contributed by atoms with Gasteiger partial charge in [0.1, 0.15) is 0 Å². The quantitative estimate of drug-likeness (QED) is 0.838. The van der Waals surface area contributed by atoms with Gasteiger partial charge in [0, 0.05) is 11.4 Å². The van der Waals surface area contributed by atoms with Crippen molar-refractivity contribution in [1.82, 2.24) is 0 Å². The third-order valence-corrected chi connectivity index (χ3v) is 4.83. The summed E-state index contributed by atoms with van der Waals surface area (Å²) in [5, 5.41) is 11.7. The molecule has 1 aromatic rings. The summed E-state index contributed by atoms with van der Waals surface area (Å²) in [6.07, 6.45) is 3.70. The van der Waals surface area contributed by atoms with Gasteiger partial charge in [0.2, 0.25) is 0 Å². The Hall–Kier alpha value is -0.530. The smallest absolute Gasteiger partial charge is 0.0714 e. The van der Waals surface area contributed by atoms with Gasteiger partial charge in [-0.1, -0.05) is 50.6 Å². The van der Waals surface area contributed by atoms with Crippen molar-refractivity contribution in [2.75, 3.05) is 0 Å². The summed E-state index contributed by atoms with van der Waals surface area (Å²) < 4.78 is 0. The molecular formula is C16H23ClO. The van der Waals surface area contributed by atoms with Crippen LogP contribution < -0.4 is 0 Å². The van der Waals surface area contributed by atoms with Crippen molar-refractivity contribution in [3.63, 3.8) is 0 Å².